The molecule has 0 amide bonds. The van der Waals surface area contributed by atoms with Crippen molar-refractivity contribution in [3.63, 3.8) is 0 Å². The molecule has 0 saturated carbocycles. The van der Waals surface area contributed by atoms with Crippen LogP contribution in [-0.4, -0.2) is 40.7 Å². The van der Waals surface area contributed by atoms with Gasteiger partial charge in [0.15, 0.2) is 0 Å². The Kier molecular flexibility index (Phi) is 10.6. The average Bonchev–Trinajstić information content (AvgIpc) is 2.44. The van der Waals surface area contributed by atoms with Crippen molar-refractivity contribution in [3.8, 4) is 0 Å². The molecule has 0 aromatic rings. The Morgan fingerprint density at radius 1 is 1.05 bits per heavy atom. The van der Waals surface area contributed by atoms with Crippen LogP contribution >= 0.6 is 0 Å². The van der Waals surface area contributed by atoms with E-state index in [1.807, 2.05) is 13.8 Å². The molecule has 0 unspecified atom stereocenters. The fourth-order valence-corrected chi connectivity index (χ4v) is 3.07. The van der Waals surface area contributed by atoms with Crippen molar-refractivity contribution in [2.24, 2.45) is 0 Å². The summed E-state index contributed by atoms with van der Waals surface area (Å²) in [7, 11) is -1.83. The molecular formula is C13H22O6Si. The molecule has 0 aliphatic rings. The Morgan fingerprint density at radius 3 is 1.85 bits per heavy atom. The third-order valence-corrected chi connectivity index (χ3v) is 4.39. The average molecular weight is 302 g/mol. The first-order valence-electron chi connectivity index (χ1n) is 6.46. The molecule has 0 N–H and O–H groups in total. The summed E-state index contributed by atoms with van der Waals surface area (Å²) in [6.07, 6.45) is 1.35. The van der Waals surface area contributed by atoms with E-state index in [2.05, 4.69) is 13.2 Å². The molecule has 0 spiro atoms. The molecule has 0 saturated heterocycles. The van der Waals surface area contributed by atoms with Gasteiger partial charge in [-0.25, -0.2) is 9.59 Å². The molecule has 0 aliphatic carbocycles. The first kappa shape index (κ1) is 18.6. The summed E-state index contributed by atoms with van der Waals surface area (Å²) in [4.78, 5) is 22.4. The summed E-state index contributed by atoms with van der Waals surface area (Å²) in [5, 5.41) is 0. The van der Waals surface area contributed by atoms with Crippen LogP contribution in [0.3, 0.4) is 0 Å². The first-order chi connectivity index (χ1) is 9.57. The van der Waals surface area contributed by atoms with E-state index < -0.39 is 27.5 Å². The highest BCUT2D eigenvalue weighted by Gasteiger charge is 2.21. The fourth-order valence-electron chi connectivity index (χ4n) is 1.36. The molecule has 6 nitrogen and oxygen atoms in total. The maximum absolute atomic E-state index is 11.2. The van der Waals surface area contributed by atoms with E-state index in [9.17, 15) is 9.59 Å². The topological polar surface area (TPSA) is 71.1 Å². The molecule has 0 heterocycles. The number of esters is 2. The Labute approximate surface area is 121 Å². The Balaban J connectivity index is 4.44. The highest BCUT2D eigenvalue weighted by Crippen LogP contribution is 2.11. The zero-order valence-corrected chi connectivity index (χ0v) is 13.2. The molecule has 0 aromatic heterocycles. The smallest absolute Gasteiger partial charge is 0.333 e. The van der Waals surface area contributed by atoms with Crippen LogP contribution in [0.4, 0.5) is 0 Å². The van der Waals surface area contributed by atoms with Gasteiger partial charge in [0.25, 0.3) is 0 Å². The maximum Gasteiger partial charge on any atom is 0.333 e. The van der Waals surface area contributed by atoms with Crippen molar-refractivity contribution < 1.29 is 27.9 Å². The molecule has 7 heteroatoms. The minimum atomic E-state index is -1.83. The second-order valence-electron chi connectivity index (χ2n) is 3.63. The lowest BCUT2D eigenvalue weighted by molar-refractivity contribution is -0.181. The van der Waals surface area contributed by atoms with E-state index in [-0.39, 0.29) is 0 Å². The Morgan fingerprint density at radius 2 is 1.50 bits per heavy atom. The van der Waals surface area contributed by atoms with Crippen LogP contribution in [0.5, 0.6) is 0 Å². The molecule has 0 aromatic carbocycles. The largest absolute Gasteiger partial charge is 0.422 e. The normalized spacial score (nSPS) is 10.4. The first-order valence-corrected chi connectivity index (χ1v) is 8.22. The van der Waals surface area contributed by atoms with Gasteiger partial charge in [0.1, 0.15) is 0 Å². The Bertz CT molecular complexity index is 303. The Hall–Kier alpha value is -1.44. The van der Waals surface area contributed by atoms with Gasteiger partial charge in [-0.2, -0.15) is 0 Å². The fraction of sp³-hybridized carbons (Fsp3) is 0.538. The molecule has 0 atom stereocenters. The van der Waals surface area contributed by atoms with E-state index in [4.69, 9.17) is 18.3 Å². The molecule has 20 heavy (non-hydrogen) atoms. The SMILES string of the molecule is C=CC(=O)OC(CC[SiH](OCC)OCC)OC(=O)C=C. The molecule has 0 rings (SSSR count). The van der Waals surface area contributed by atoms with Crippen LogP contribution in [0.1, 0.15) is 20.3 Å². The van der Waals surface area contributed by atoms with Gasteiger partial charge in [-0.3, -0.25) is 0 Å². The minimum Gasteiger partial charge on any atom is -0.422 e. The van der Waals surface area contributed by atoms with Crippen LogP contribution in [0.25, 0.3) is 0 Å². The zero-order chi connectivity index (χ0) is 15.4. The number of hydrogen-bond donors (Lipinski definition) is 0. The number of rotatable bonds is 11. The van der Waals surface area contributed by atoms with Crippen molar-refractivity contribution in [2.45, 2.75) is 32.6 Å². The van der Waals surface area contributed by atoms with Crippen molar-refractivity contribution in [1.29, 1.82) is 0 Å². The maximum atomic E-state index is 11.2. The highest BCUT2D eigenvalue weighted by molar-refractivity contribution is 6.44. The van der Waals surface area contributed by atoms with Crippen molar-refractivity contribution in [3.05, 3.63) is 25.3 Å². The predicted octanol–water partition coefficient (Wildman–Crippen LogP) is 1.45. The number of carbonyl (C=O) groups is 2. The summed E-state index contributed by atoms with van der Waals surface area (Å²) >= 11 is 0. The van der Waals surface area contributed by atoms with Gasteiger partial charge in [-0.05, 0) is 19.9 Å². The summed E-state index contributed by atoms with van der Waals surface area (Å²) < 4.78 is 20.9. The quantitative estimate of drug-likeness (QED) is 0.249. The van der Waals surface area contributed by atoms with E-state index in [0.717, 1.165) is 12.2 Å². The van der Waals surface area contributed by atoms with Crippen LogP contribution < -0.4 is 0 Å². The van der Waals surface area contributed by atoms with Crippen molar-refractivity contribution in [1.82, 2.24) is 0 Å². The van der Waals surface area contributed by atoms with E-state index in [0.29, 0.717) is 25.7 Å². The predicted molar refractivity (Wildman–Crippen MR) is 76.2 cm³/mol. The molecular weight excluding hydrogens is 280 g/mol. The van der Waals surface area contributed by atoms with E-state index in [1.165, 1.54) is 0 Å². The number of ether oxygens (including phenoxy) is 2. The second-order valence-corrected chi connectivity index (χ2v) is 5.73. The zero-order valence-electron chi connectivity index (χ0n) is 12.0. The van der Waals surface area contributed by atoms with Crippen LogP contribution in [-0.2, 0) is 27.9 Å². The van der Waals surface area contributed by atoms with Crippen molar-refractivity contribution >= 4 is 21.2 Å². The lowest BCUT2D eigenvalue weighted by atomic mass is 10.4. The van der Waals surface area contributed by atoms with E-state index in [1.54, 1.807) is 0 Å². The van der Waals surface area contributed by atoms with E-state index >= 15 is 0 Å². The minimum absolute atomic E-state index is 0.316. The van der Waals surface area contributed by atoms with Crippen molar-refractivity contribution in [2.75, 3.05) is 13.2 Å². The van der Waals surface area contributed by atoms with Crippen LogP contribution in [0.15, 0.2) is 25.3 Å². The van der Waals surface area contributed by atoms with Gasteiger partial charge >= 0.3 is 21.2 Å². The summed E-state index contributed by atoms with van der Waals surface area (Å²) in [6.45, 7) is 11.5. The molecule has 0 aliphatic heterocycles. The second kappa shape index (κ2) is 11.4. The molecule has 0 radical (unpaired) electrons. The summed E-state index contributed by atoms with van der Waals surface area (Å²) in [5.41, 5.74) is 0. The molecule has 0 fully saturated rings. The highest BCUT2D eigenvalue weighted by atomic mass is 28.3. The molecule has 0 bridgehead atoms. The lowest BCUT2D eigenvalue weighted by Crippen LogP contribution is -2.28. The monoisotopic (exact) mass is 302 g/mol. The van der Waals surface area contributed by atoms with Crippen LogP contribution in [0, 0.1) is 0 Å². The summed E-state index contributed by atoms with van der Waals surface area (Å²) in [6, 6.07) is 0.557. The lowest BCUT2D eigenvalue weighted by Gasteiger charge is -2.19. The number of hydrogen-bond acceptors (Lipinski definition) is 6. The molecule has 114 valence electrons. The van der Waals surface area contributed by atoms with Gasteiger partial charge in [0, 0.05) is 31.8 Å². The van der Waals surface area contributed by atoms with Gasteiger partial charge in [0.05, 0.1) is 0 Å². The van der Waals surface area contributed by atoms with Gasteiger partial charge in [-0.15, -0.1) is 0 Å². The standard InChI is InChI=1S/C13H22O6Si/c1-5-11(14)18-13(19-12(15)6-2)9-10-20(16-7-3)17-8-4/h5-6,13,20H,1-2,7-10H2,3-4H3. The van der Waals surface area contributed by atoms with Gasteiger partial charge in [-0.1, -0.05) is 13.2 Å². The van der Waals surface area contributed by atoms with Gasteiger partial charge in [0.2, 0.25) is 6.29 Å². The number of carbonyl (C=O) groups excluding carboxylic acids is 2. The van der Waals surface area contributed by atoms with Gasteiger partial charge < -0.3 is 18.3 Å². The summed E-state index contributed by atoms with van der Waals surface area (Å²) in [5.74, 6) is -1.31. The van der Waals surface area contributed by atoms with Crippen LogP contribution in [0.2, 0.25) is 6.04 Å². The third kappa shape index (κ3) is 8.62. The third-order valence-electron chi connectivity index (χ3n) is 2.17.